The van der Waals surface area contributed by atoms with E-state index in [-0.39, 0.29) is 12.5 Å². The van der Waals surface area contributed by atoms with Gasteiger partial charge in [-0.25, -0.2) is 14.8 Å². The number of quaternary nitrogens is 1. The molecule has 1 aliphatic rings. The van der Waals surface area contributed by atoms with Gasteiger partial charge in [-0.2, -0.15) is 0 Å². The Labute approximate surface area is 198 Å². The molecule has 176 valence electrons. The molecule has 4 rings (SSSR count). The summed E-state index contributed by atoms with van der Waals surface area (Å²) in [6, 6.07) is 19.3. The lowest BCUT2D eigenvalue weighted by Crippen LogP contribution is -2.57. The summed E-state index contributed by atoms with van der Waals surface area (Å²) in [4.78, 5) is 33.9. The minimum absolute atomic E-state index is 0.168. The third kappa shape index (κ3) is 5.30. The summed E-state index contributed by atoms with van der Waals surface area (Å²) in [6.07, 6.45) is 3.99. The molecule has 0 aliphatic carbocycles. The van der Waals surface area contributed by atoms with Gasteiger partial charge in [0.25, 0.3) is 5.91 Å². The number of benzene rings is 2. The van der Waals surface area contributed by atoms with E-state index in [0.717, 1.165) is 13.0 Å². The summed E-state index contributed by atoms with van der Waals surface area (Å²) in [7, 11) is 1.97. The number of likely N-dealkylation sites (tertiary alicyclic amines) is 1. The molecule has 8 nitrogen and oxygen atoms in total. The van der Waals surface area contributed by atoms with Crippen LogP contribution in [0.5, 0.6) is 0 Å². The average molecular weight is 462 g/mol. The number of nitrogens with one attached hydrogen (secondary N) is 1. The van der Waals surface area contributed by atoms with Crippen LogP contribution in [0.3, 0.4) is 0 Å². The normalized spacial score (nSPS) is 20.4. The van der Waals surface area contributed by atoms with Gasteiger partial charge in [0, 0.05) is 12.6 Å². The number of hydrogen-bond acceptors (Lipinski definition) is 6. The molecule has 8 heteroatoms. The standard InChI is InChI=1S/C26H28N4O4/c1-30(18-24(31)29-23-14-15-27-19-28-23)16-8-13-22(17-30)34-25(32)26(33,20-9-4-2-5-10-20)21-11-6-3-7-12-21/h2-7,9-12,14-15,19,22,33H,8,13,16-18H2,1H3/p+1. The maximum Gasteiger partial charge on any atom is 0.348 e. The molecule has 0 spiro atoms. The number of nitrogens with zero attached hydrogens (tertiary/aromatic N) is 3. The van der Waals surface area contributed by atoms with Gasteiger partial charge in [-0.1, -0.05) is 60.7 Å². The number of rotatable bonds is 7. The van der Waals surface area contributed by atoms with Crippen molar-refractivity contribution in [2.24, 2.45) is 0 Å². The maximum atomic E-state index is 13.4. The van der Waals surface area contributed by atoms with Crippen LogP contribution in [0.1, 0.15) is 24.0 Å². The summed E-state index contributed by atoms with van der Waals surface area (Å²) in [5.74, 6) is -0.436. The lowest BCUT2D eigenvalue weighted by molar-refractivity contribution is -0.909. The fourth-order valence-electron chi connectivity index (χ4n) is 4.51. The summed E-state index contributed by atoms with van der Waals surface area (Å²) in [5, 5.41) is 14.4. The highest BCUT2D eigenvalue weighted by molar-refractivity contribution is 5.90. The first-order valence-corrected chi connectivity index (χ1v) is 11.3. The van der Waals surface area contributed by atoms with Gasteiger partial charge in [0.15, 0.2) is 12.6 Å². The number of piperidine rings is 1. The van der Waals surface area contributed by atoms with Gasteiger partial charge in [0.1, 0.15) is 18.7 Å². The van der Waals surface area contributed by atoms with Crippen molar-refractivity contribution in [2.75, 3.05) is 32.0 Å². The fraction of sp³-hybridized carbons (Fsp3) is 0.308. The molecule has 1 aliphatic heterocycles. The second kappa shape index (κ2) is 10.1. The van der Waals surface area contributed by atoms with Crippen molar-refractivity contribution in [1.29, 1.82) is 0 Å². The van der Waals surface area contributed by atoms with E-state index in [1.807, 2.05) is 19.2 Å². The molecule has 2 unspecified atom stereocenters. The smallest absolute Gasteiger partial charge is 0.348 e. The second-order valence-corrected chi connectivity index (χ2v) is 8.94. The molecule has 0 radical (unpaired) electrons. The first kappa shape index (κ1) is 23.5. The van der Waals surface area contributed by atoms with Gasteiger partial charge < -0.3 is 19.6 Å². The van der Waals surface area contributed by atoms with Crippen molar-refractivity contribution in [2.45, 2.75) is 24.5 Å². The molecule has 1 fully saturated rings. The van der Waals surface area contributed by atoms with Gasteiger partial charge in [0.2, 0.25) is 5.60 Å². The van der Waals surface area contributed by atoms with Crippen molar-refractivity contribution in [3.05, 3.63) is 90.4 Å². The van der Waals surface area contributed by atoms with Crippen LogP contribution >= 0.6 is 0 Å². The van der Waals surface area contributed by atoms with Gasteiger partial charge in [0.05, 0.1) is 13.6 Å². The molecule has 1 aromatic heterocycles. The van der Waals surface area contributed by atoms with Gasteiger partial charge in [-0.15, -0.1) is 0 Å². The van der Waals surface area contributed by atoms with Gasteiger partial charge in [-0.3, -0.25) is 4.79 Å². The van der Waals surface area contributed by atoms with Crippen molar-refractivity contribution in [1.82, 2.24) is 9.97 Å². The molecule has 2 heterocycles. The van der Waals surface area contributed by atoms with E-state index < -0.39 is 17.7 Å². The van der Waals surface area contributed by atoms with Crippen LogP contribution in [0.25, 0.3) is 0 Å². The number of aliphatic hydroxyl groups is 1. The summed E-state index contributed by atoms with van der Waals surface area (Å²) < 4.78 is 6.32. The van der Waals surface area contributed by atoms with Crippen LogP contribution in [0.15, 0.2) is 79.3 Å². The number of ether oxygens (including phenoxy) is 1. The fourth-order valence-corrected chi connectivity index (χ4v) is 4.51. The molecule has 3 aromatic rings. The molecule has 1 amide bonds. The zero-order chi connectivity index (χ0) is 24.0. The van der Waals surface area contributed by atoms with Gasteiger partial charge >= 0.3 is 5.97 Å². The molecule has 1 saturated heterocycles. The highest BCUT2D eigenvalue weighted by atomic mass is 16.6. The van der Waals surface area contributed by atoms with Gasteiger partial charge in [-0.05, 0) is 23.6 Å². The molecular weight excluding hydrogens is 432 g/mol. The monoisotopic (exact) mass is 461 g/mol. The van der Waals surface area contributed by atoms with E-state index >= 15 is 0 Å². The summed E-state index contributed by atoms with van der Waals surface area (Å²) >= 11 is 0. The first-order chi connectivity index (χ1) is 16.4. The largest absolute Gasteiger partial charge is 0.454 e. The van der Waals surface area contributed by atoms with E-state index in [4.69, 9.17) is 4.74 Å². The third-order valence-electron chi connectivity index (χ3n) is 6.20. The van der Waals surface area contributed by atoms with E-state index in [0.29, 0.717) is 34.4 Å². The zero-order valence-electron chi connectivity index (χ0n) is 19.1. The lowest BCUT2D eigenvalue weighted by Gasteiger charge is -2.41. The summed E-state index contributed by atoms with van der Waals surface area (Å²) in [5.41, 5.74) is -1.03. The van der Waals surface area contributed by atoms with Crippen LogP contribution in [-0.2, 0) is 19.9 Å². The second-order valence-electron chi connectivity index (χ2n) is 8.94. The number of carbonyl (C=O) groups excluding carboxylic acids is 2. The number of amides is 1. The van der Waals surface area contributed by atoms with E-state index in [1.165, 1.54) is 6.33 Å². The number of esters is 1. The average Bonchev–Trinajstić information content (AvgIpc) is 2.85. The van der Waals surface area contributed by atoms with E-state index in [2.05, 4.69) is 15.3 Å². The predicted molar refractivity (Wildman–Crippen MR) is 126 cm³/mol. The Morgan fingerprint density at radius 3 is 2.32 bits per heavy atom. The van der Waals surface area contributed by atoms with Crippen molar-refractivity contribution >= 4 is 17.7 Å². The summed E-state index contributed by atoms with van der Waals surface area (Å²) in [6.45, 7) is 1.48. The number of hydrogen-bond donors (Lipinski definition) is 2. The minimum Gasteiger partial charge on any atom is -0.454 e. The number of carbonyl (C=O) groups is 2. The van der Waals surface area contributed by atoms with E-state index in [1.54, 1.807) is 60.8 Å². The Morgan fingerprint density at radius 1 is 1.09 bits per heavy atom. The Balaban J connectivity index is 1.47. The first-order valence-electron chi connectivity index (χ1n) is 11.3. The number of likely N-dealkylation sites (N-methyl/N-ethyl adjacent to an activating group) is 1. The van der Waals surface area contributed by atoms with Crippen molar-refractivity contribution in [3.63, 3.8) is 0 Å². The maximum absolute atomic E-state index is 13.4. The molecule has 0 bridgehead atoms. The molecule has 34 heavy (non-hydrogen) atoms. The Morgan fingerprint density at radius 2 is 1.74 bits per heavy atom. The number of aromatic nitrogens is 2. The molecule has 2 aromatic carbocycles. The van der Waals surface area contributed by atoms with Crippen LogP contribution in [-0.4, -0.2) is 64.2 Å². The topological polar surface area (TPSA) is 101 Å². The molecule has 2 N–H and O–H groups in total. The van der Waals surface area contributed by atoms with Crippen LogP contribution < -0.4 is 5.32 Å². The predicted octanol–water partition coefficient (Wildman–Crippen LogP) is 2.50. The van der Waals surface area contributed by atoms with E-state index in [9.17, 15) is 14.7 Å². The minimum atomic E-state index is -1.92. The van der Waals surface area contributed by atoms with Crippen molar-refractivity contribution in [3.8, 4) is 0 Å². The SMILES string of the molecule is C[N+]1(CC(=O)Nc2ccncn2)CCCC(OC(=O)C(O)(c2ccccc2)c2ccccc2)C1. The molecular formula is C26H29N4O4+. The number of anilines is 1. The molecule has 0 saturated carbocycles. The highest BCUT2D eigenvalue weighted by Crippen LogP contribution is 2.32. The van der Waals surface area contributed by atoms with Crippen LogP contribution in [0, 0.1) is 0 Å². The van der Waals surface area contributed by atoms with Crippen molar-refractivity contribution < 1.29 is 23.9 Å². The quantitative estimate of drug-likeness (QED) is 0.414. The highest BCUT2D eigenvalue weighted by Gasteiger charge is 2.44. The lowest BCUT2D eigenvalue weighted by atomic mass is 9.86. The van der Waals surface area contributed by atoms with Crippen LogP contribution in [0.2, 0.25) is 0 Å². The Hall–Kier alpha value is -3.62. The zero-order valence-corrected chi connectivity index (χ0v) is 19.1. The van der Waals surface area contributed by atoms with Crippen LogP contribution in [0.4, 0.5) is 5.82 Å². The Bertz CT molecular complexity index is 1070. The molecule has 2 atom stereocenters. The third-order valence-corrected chi connectivity index (χ3v) is 6.20. The Kier molecular flexibility index (Phi) is 7.00.